The lowest BCUT2D eigenvalue weighted by Crippen LogP contribution is -2.10. The summed E-state index contributed by atoms with van der Waals surface area (Å²) in [5.74, 6) is 1.06. The Labute approximate surface area is 125 Å². The van der Waals surface area contributed by atoms with E-state index in [2.05, 4.69) is 0 Å². The topological polar surface area (TPSA) is 48.7 Å². The molecule has 0 saturated carbocycles. The molecule has 5 heteroatoms. The summed E-state index contributed by atoms with van der Waals surface area (Å²) in [4.78, 5) is 13.8. The molecule has 0 bridgehead atoms. The fraction of sp³-hybridized carbons (Fsp3) is 0.188. The second-order valence-corrected chi connectivity index (χ2v) is 5.58. The molecule has 0 aliphatic carbocycles. The number of rotatable bonds is 4. The molecule has 4 nitrogen and oxygen atoms in total. The average Bonchev–Trinajstić information content (AvgIpc) is 3.02. The van der Waals surface area contributed by atoms with E-state index >= 15 is 0 Å². The third-order valence-electron chi connectivity index (χ3n) is 3.29. The van der Waals surface area contributed by atoms with E-state index in [0.29, 0.717) is 34.5 Å². The van der Waals surface area contributed by atoms with Crippen molar-refractivity contribution >= 4 is 22.3 Å². The SMILES string of the molecule is COc1cc(OC)c2c(=O)c(Cc3cccs3)coc2c1. The van der Waals surface area contributed by atoms with Gasteiger partial charge in [-0.15, -0.1) is 11.3 Å². The predicted octanol–water partition coefficient (Wildman–Crippen LogP) is 3.46. The van der Waals surface area contributed by atoms with Crippen LogP contribution in [0.1, 0.15) is 10.4 Å². The molecule has 1 aromatic carbocycles. The minimum atomic E-state index is -0.0656. The van der Waals surface area contributed by atoms with Crippen molar-refractivity contribution in [3.8, 4) is 11.5 Å². The molecular formula is C16H14O4S. The molecule has 0 fully saturated rings. The van der Waals surface area contributed by atoms with Gasteiger partial charge in [0.2, 0.25) is 0 Å². The molecule has 0 radical (unpaired) electrons. The van der Waals surface area contributed by atoms with Gasteiger partial charge in [0.05, 0.1) is 20.5 Å². The van der Waals surface area contributed by atoms with Gasteiger partial charge >= 0.3 is 0 Å². The van der Waals surface area contributed by atoms with E-state index in [1.54, 1.807) is 30.6 Å². The summed E-state index contributed by atoms with van der Waals surface area (Å²) < 4.78 is 16.1. The van der Waals surface area contributed by atoms with Crippen molar-refractivity contribution in [1.82, 2.24) is 0 Å². The Morgan fingerprint density at radius 3 is 2.76 bits per heavy atom. The molecular weight excluding hydrogens is 288 g/mol. The standard InChI is InChI=1S/C16H14O4S/c1-18-11-7-13(19-2)15-14(8-11)20-9-10(16(15)17)6-12-4-3-5-21-12/h3-5,7-9H,6H2,1-2H3. The predicted molar refractivity (Wildman–Crippen MR) is 82.7 cm³/mol. The number of thiophene rings is 1. The Morgan fingerprint density at radius 2 is 2.10 bits per heavy atom. The van der Waals surface area contributed by atoms with E-state index in [1.807, 2.05) is 17.5 Å². The number of benzene rings is 1. The number of ether oxygens (including phenoxy) is 2. The smallest absolute Gasteiger partial charge is 0.199 e. The molecule has 0 aliphatic rings. The van der Waals surface area contributed by atoms with Crippen LogP contribution in [0.4, 0.5) is 0 Å². The van der Waals surface area contributed by atoms with Crippen molar-refractivity contribution in [2.24, 2.45) is 0 Å². The molecule has 2 aromatic heterocycles. The lowest BCUT2D eigenvalue weighted by molar-refractivity contribution is 0.396. The molecule has 0 amide bonds. The maximum atomic E-state index is 12.7. The molecule has 3 rings (SSSR count). The van der Waals surface area contributed by atoms with E-state index in [9.17, 15) is 4.79 Å². The van der Waals surface area contributed by atoms with Crippen LogP contribution in [0, 0.1) is 0 Å². The van der Waals surface area contributed by atoms with Crippen LogP contribution < -0.4 is 14.9 Å². The second kappa shape index (κ2) is 5.61. The highest BCUT2D eigenvalue weighted by Crippen LogP contribution is 2.29. The van der Waals surface area contributed by atoms with Gasteiger partial charge in [0.25, 0.3) is 0 Å². The van der Waals surface area contributed by atoms with E-state index in [1.165, 1.54) is 13.4 Å². The van der Waals surface area contributed by atoms with Gasteiger partial charge < -0.3 is 13.9 Å². The number of methoxy groups -OCH3 is 2. The van der Waals surface area contributed by atoms with Crippen LogP contribution in [0.2, 0.25) is 0 Å². The van der Waals surface area contributed by atoms with Gasteiger partial charge in [0.15, 0.2) is 5.43 Å². The molecule has 0 saturated heterocycles. The summed E-state index contributed by atoms with van der Waals surface area (Å²) >= 11 is 1.62. The van der Waals surface area contributed by atoms with E-state index in [4.69, 9.17) is 13.9 Å². The molecule has 21 heavy (non-hydrogen) atoms. The lowest BCUT2D eigenvalue weighted by atomic mass is 10.1. The van der Waals surface area contributed by atoms with Crippen LogP contribution in [0.3, 0.4) is 0 Å². The first-order valence-electron chi connectivity index (χ1n) is 6.41. The monoisotopic (exact) mass is 302 g/mol. The highest BCUT2D eigenvalue weighted by atomic mass is 32.1. The molecule has 0 atom stereocenters. The summed E-state index contributed by atoms with van der Waals surface area (Å²) in [7, 11) is 3.09. The van der Waals surface area contributed by atoms with Gasteiger partial charge in [-0.3, -0.25) is 4.79 Å². The van der Waals surface area contributed by atoms with Crippen molar-refractivity contribution in [1.29, 1.82) is 0 Å². The molecule has 108 valence electrons. The molecule has 3 aromatic rings. The molecule has 0 unspecified atom stereocenters. The van der Waals surface area contributed by atoms with Crippen LogP contribution in [0.25, 0.3) is 11.0 Å². The van der Waals surface area contributed by atoms with Crippen LogP contribution in [-0.4, -0.2) is 14.2 Å². The van der Waals surface area contributed by atoms with Crippen LogP contribution in [0.15, 0.2) is 45.1 Å². The summed E-state index contributed by atoms with van der Waals surface area (Å²) in [6.45, 7) is 0. The van der Waals surface area contributed by atoms with Gasteiger partial charge in [-0.05, 0) is 11.4 Å². The van der Waals surface area contributed by atoms with Gasteiger partial charge in [-0.2, -0.15) is 0 Å². The fourth-order valence-corrected chi connectivity index (χ4v) is 2.96. The van der Waals surface area contributed by atoms with Crippen molar-refractivity contribution < 1.29 is 13.9 Å². The Morgan fingerprint density at radius 1 is 1.24 bits per heavy atom. The highest BCUT2D eigenvalue weighted by Gasteiger charge is 2.14. The van der Waals surface area contributed by atoms with Crippen LogP contribution in [0.5, 0.6) is 11.5 Å². The van der Waals surface area contributed by atoms with Crippen molar-refractivity contribution in [2.75, 3.05) is 14.2 Å². The summed E-state index contributed by atoms with van der Waals surface area (Å²) in [5.41, 5.74) is 1.02. The van der Waals surface area contributed by atoms with Gasteiger partial charge in [0.1, 0.15) is 22.5 Å². The first kappa shape index (κ1) is 13.7. The van der Waals surface area contributed by atoms with Crippen LogP contribution >= 0.6 is 11.3 Å². The normalized spacial score (nSPS) is 10.8. The highest BCUT2D eigenvalue weighted by molar-refractivity contribution is 7.09. The van der Waals surface area contributed by atoms with E-state index in [0.717, 1.165) is 4.88 Å². The third kappa shape index (κ3) is 2.52. The van der Waals surface area contributed by atoms with Crippen molar-refractivity contribution in [2.45, 2.75) is 6.42 Å². The molecule has 2 heterocycles. The zero-order valence-corrected chi connectivity index (χ0v) is 12.5. The zero-order valence-electron chi connectivity index (χ0n) is 11.7. The fourth-order valence-electron chi connectivity index (χ4n) is 2.23. The van der Waals surface area contributed by atoms with Crippen molar-refractivity contribution in [3.05, 3.63) is 56.6 Å². The van der Waals surface area contributed by atoms with Gasteiger partial charge in [0, 0.05) is 29.0 Å². The largest absolute Gasteiger partial charge is 0.496 e. The maximum Gasteiger partial charge on any atom is 0.199 e. The second-order valence-electron chi connectivity index (χ2n) is 4.55. The summed E-state index contributed by atoms with van der Waals surface area (Å²) in [6, 6.07) is 7.34. The third-order valence-corrected chi connectivity index (χ3v) is 4.16. The van der Waals surface area contributed by atoms with E-state index < -0.39 is 0 Å². The molecule has 0 spiro atoms. The summed E-state index contributed by atoms with van der Waals surface area (Å²) in [5, 5.41) is 2.44. The molecule has 0 N–H and O–H groups in total. The lowest BCUT2D eigenvalue weighted by Gasteiger charge is -2.08. The van der Waals surface area contributed by atoms with E-state index in [-0.39, 0.29) is 5.43 Å². The Kier molecular flexibility index (Phi) is 3.66. The average molecular weight is 302 g/mol. The Balaban J connectivity index is 2.17. The first-order valence-corrected chi connectivity index (χ1v) is 7.29. The molecule has 0 aliphatic heterocycles. The van der Waals surface area contributed by atoms with Crippen LogP contribution in [-0.2, 0) is 6.42 Å². The quantitative estimate of drug-likeness (QED) is 0.740. The maximum absolute atomic E-state index is 12.7. The minimum absolute atomic E-state index is 0.0656. The Bertz CT molecular complexity index is 818. The number of hydrogen-bond donors (Lipinski definition) is 0. The van der Waals surface area contributed by atoms with Gasteiger partial charge in [-0.1, -0.05) is 6.07 Å². The zero-order chi connectivity index (χ0) is 14.8. The first-order chi connectivity index (χ1) is 10.2. The summed E-state index contributed by atoms with van der Waals surface area (Å²) in [6.07, 6.45) is 2.08. The Hall–Kier alpha value is -2.27. The van der Waals surface area contributed by atoms with Gasteiger partial charge in [-0.25, -0.2) is 0 Å². The van der Waals surface area contributed by atoms with Crippen molar-refractivity contribution in [3.63, 3.8) is 0 Å². The number of fused-ring (bicyclic) bond motifs is 1. The minimum Gasteiger partial charge on any atom is -0.496 e. The number of hydrogen-bond acceptors (Lipinski definition) is 5.